The summed E-state index contributed by atoms with van der Waals surface area (Å²) in [6, 6.07) is 0.807. The molecule has 12 heteroatoms. The molecule has 0 aliphatic carbocycles. The summed E-state index contributed by atoms with van der Waals surface area (Å²) in [5.41, 5.74) is -1.39. The van der Waals surface area contributed by atoms with Gasteiger partial charge in [-0.1, -0.05) is 0 Å². The minimum absolute atomic E-state index is 0.0970. The lowest BCUT2D eigenvalue weighted by molar-refractivity contribution is -0.151. The van der Waals surface area contributed by atoms with Crippen molar-refractivity contribution in [1.82, 2.24) is 9.55 Å². The predicted octanol–water partition coefficient (Wildman–Crippen LogP) is 2.34. The first-order valence-corrected chi connectivity index (χ1v) is 9.46. The molecule has 0 unspecified atom stereocenters. The van der Waals surface area contributed by atoms with Crippen molar-refractivity contribution in [2.24, 2.45) is 0 Å². The van der Waals surface area contributed by atoms with Gasteiger partial charge in [-0.3, -0.25) is 19.1 Å². The van der Waals surface area contributed by atoms with Crippen LogP contribution in [0.1, 0.15) is 16.8 Å². The predicted molar refractivity (Wildman–Crippen MR) is 99.2 cm³/mol. The lowest BCUT2D eigenvalue weighted by Gasteiger charge is -2.38. The van der Waals surface area contributed by atoms with E-state index in [0.717, 1.165) is 16.7 Å². The number of amides is 1. The molecule has 1 aromatic carbocycles. The molecule has 1 fully saturated rings. The van der Waals surface area contributed by atoms with Crippen LogP contribution in [0.4, 0.5) is 33.7 Å². The summed E-state index contributed by atoms with van der Waals surface area (Å²) >= 11 is 0. The Morgan fingerprint density at radius 1 is 1.10 bits per heavy atom. The van der Waals surface area contributed by atoms with E-state index in [2.05, 4.69) is 4.98 Å². The largest absolute Gasteiger partial charge is 0.409 e. The Morgan fingerprint density at radius 3 is 2.45 bits per heavy atom. The average Bonchev–Trinajstić information content (AvgIpc) is 2.72. The zero-order valence-corrected chi connectivity index (χ0v) is 16.0. The number of halogens is 5. The van der Waals surface area contributed by atoms with E-state index in [0.29, 0.717) is 32.4 Å². The fraction of sp³-hybridized carbons (Fsp3) is 0.421. The molecule has 1 aromatic heterocycles. The van der Waals surface area contributed by atoms with Crippen molar-refractivity contribution in [3.8, 4) is 0 Å². The Balaban J connectivity index is 1.85. The fourth-order valence-corrected chi connectivity index (χ4v) is 3.69. The lowest BCUT2D eigenvalue weighted by atomic mass is 10.1. The van der Waals surface area contributed by atoms with Crippen LogP contribution in [-0.2, 0) is 11.3 Å². The fourth-order valence-electron chi connectivity index (χ4n) is 3.69. The molecule has 0 N–H and O–H groups in total. The van der Waals surface area contributed by atoms with Crippen molar-refractivity contribution < 1.29 is 31.5 Å². The molecule has 0 saturated carbocycles. The Hall–Kier alpha value is -3.02. The van der Waals surface area contributed by atoms with Crippen molar-refractivity contribution in [3.05, 3.63) is 51.8 Å². The number of carbonyl (C=O) groups excluding carboxylic acids is 1. The maximum Gasteiger partial charge on any atom is 0.409 e. The SMILES string of the molecule is O=C(c1ccc(F)cc1F)N1c2nc(N3CCOCC3)cc(=O)n2CC[C@H]1C(F)(F)F. The number of fused-ring (bicyclic) bond motifs is 1. The van der Waals surface area contributed by atoms with Crippen LogP contribution in [-0.4, -0.2) is 54.0 Å². The van der Waals surface area contributed by atoms with Crippen molar-refractivity contribution in [2.75, 3.05) is 36.1 Å². The first kappa shape index (κ1) is 21.2. The molecule has 3 heterocycles. The van der Waals surface area contributed by atoms with Gasteiger partial charge >= 0.3 is 6.18 Å². The summed E-state index contributed by atoms with van der Waals surface area (Å²) in [5.74, 6) is -4.09. The van der Waals surface area contributed by atoms with E-state index in [1.54, 1.807) is 4.90 Å². The van der Waals surface area contributed by atoms with Crippen LogP contribution in [0.15, 0.2) is 29.1 Å². The molecule has 4 rings (SSSR count). The van der Waals surface area contributed by atoms with Crippen molar-refractivity contribution in [1.29, 1.82) is 0 Å². The molecular weight excluding hydrogens is 427 g/mol. The van der Waals surface area contributed by atoms with Gasteiger partial charge in [0.15, 0.2) is 0 Å². The normalized spacial score (nSPS) is 19.3. The Kier molecular flexibility index (Phi) is 5.42. The number of ether oxygens (including phenoxy) is 1. The lowest BCUT2D eigenvalue weighted by Crippen LogP contribution is -2.55. The van der Waals surface area contributed by atoms with Crippen LogP contribution in [0.3, 0.4) is 0 Å². The van der Waals surface area contributed by atoms with Crippen LogP contribution in [0.2, 0.25) is 0 Å². The second-order valence-electron chi connectivity index (χ2n) is 7.15. The summed E-state index contributed by atoms with van der Waals surface area (Å²) in [7, 11) is 0. The van der Waals surface area contributed by atoms with Gasteiger partial charge in [-0.15, -0.1) is 0 Å². The third-order valence-electron chi connectivity index (χ3n) is 5.22. The van der Waals surface area contributed by atoms with Gasteiger partial charge in [-0.05, 0) is 18.6 Å². The smallest absolute Gasteiger partial charge is 0.378 e. The molecule has 0 spiro atoms. The van der Waals surface area contributed by atoms with Gasteiger partial charge in [0.2, 0.25) is 5.95 Å². The van der Waals surface area contributed by atoms with E-state index in [9.17, 15) is 31.5 Å². The van der Waals surface area contributed by atoms with Gasteiger partial charge in [0.1, 0.15) is 23.5 Å². The van der Waals surface area contributed by atoms with E-state index >= 15 is 0 Å². The monoisotopic (exact) mass is 444 g/mol. The van der Waals surface area contributed by atoms with E-state index < -0.39 is 53.3 Å². The molecule has 1 saturated heterocycles. The highest BCUT2D eigenvalue weighted by Gasteiger charge is 2.50. The first-order valence-electron chi connectivity index (χ1n) is 9.46. The van der Waals surface area contributed by atoms with Gasteiger partial charge in [0, 0.05) is 31.8 Å². The summed E-state index contributed by atoms with van der Waals surface area (Å²) in [6.45, 7) is 1.09. The van der Waals surface area contributed by atoms with Crippen molar-refractivity contribution in [2.45, 2.75) is 25.2 Å². The van der Waals surface area contributed by atoms with Crippen LogP contribution >= 0.6 is 0 Å². The van der Waals surface area contributed by atoms with Crippen LogP contribution < -0.4 is 15.4 Å². The molecule has 1 atom stereocenters. The summed E-state index contributed by atoms with van der Waals surface area (Å²) in [6.07, 6.45) is -5.46. The molecule has 2 aromatic rings. The maximum atomic E-state index is 14.2. The highest BCUT2D eigenvalue weighted by molar-refractivity contribution is 6.06. The van der Waals surface area contributed by atoms with Gasteiger partial charge < -0.3 is 9.64 Å². The standard InChI is InChI=1S/C19H17F5N4O3/c20-11-1-2-12(13(21)9-11)17(30)28-14(19(22,23)24)3-4-27-16(29)10-15(25-18(27)28)26-5-7-31-8-6-26/h1-2,9-10,14H,3-8H2/t14-/m0/s1. The number of aromatic nitrogens is 2. The highest BCUT2D eigenvalue weighted by atomic mass is 19.4. The quantitative estimate of drug-likeness (QED) is 0.666. The molecular formula is C19H17F5N4O3. The zero-order chi connectivity index (χ0) is 22.3. The summed E-state index contributed by atoms with van der Waals surface area (Å²) in [5, 5.41) is 0. The summed E-state index contributed by atoms with van der Waals surface area (Å²) < 4.78 is 75.0. The number of morpholine rings is 1. The van der Waals surface area contributed by atoms with Crippen molar-refractivity contribution in [3.63, 3.8) is 0 Å². The molecule has 166 valence electrons. The van der Waals surface area contributed by atoms with E-state index in [4.69, 9.17) is 4.74 Å². The Morgan fingerprint density at radius 2 is 1.81 bits per heavy atom. The van der Waals surface area contributed by atoms with Gasteiger partial charge in [0.25, 0.3) is 11.5 Å². The number of nitrogens with zero attached hydrogens (tertiary/aromatic N) is 4. The maximum absolute atomic E-state index is 14.2. The highest BCUT2D eigenvalue weighted by Crippen LogP contribution is 2.35. The second-order valence-corrected chi connectivity index (χ2v) is 7.15. The average molecular weight is 444 g/mol. The Labute approximate surface area is 172 Å². The number of benzene rings is 1. The molecule has 0 bridgehead atoms. The second kappa shape index (κ2) is 7.91. The van der Waals surface area contributed by atoms with Crippen LogP contribution in [0.25, 0.3) is 0 Å². The van der Waals surface area contributed by atoms with Gasteiger partial charge in [-0.25, -0.2) is 8.78 Å². The number of hydrogen-bond donors (Lipinski definition) is 0. The molecule has 2 aliphatic heterocycles. The third kappa shape index (κ3) is 3.99. The zero-order valence-electron chi connectivity index (χ0n) is 16.0. The number of carbonyl (C=O) groups is 1. The minimum Gasteiger partial charge on any atom is -0.378 e. The molecule has 31 heavy (non-hydrogen) atoms. The molecule has 2 aliphatic rings. The number of hydrogen-bond acceptors (Lipinski definition) is 5. The first-order chi connectivity index (χ1) is 14.7. The number of rotatable bonds is 2. The topological polar surface area (TPSA) is 67.7 Å². The number of alkyl halides is 3. The van der Waals surface area contributed by atoms with Crippen molar-refractivity contribution >= 4 is 17.7 Å². The molecule has 1 amide bonds. The number of anilines is 2. The van der Waals surface area contributed by atoms with E-state index in [1.807, 2.05) is 0 Å². The van der Waals surface area contributed by atoms with E-state index in [-0.39, 0.29) is 17.3 Å². The summed E-state index contributed by atoms with van der Waals surface area (Å²) in [4.78, 5) is 31.8. The molecule has 7 nitrogen and oxygen atoms in total. The van der Waals surface area contributed by atoms with Crippen LogP contribution in [0.5, 0.6) is 0 Å². The Bertz CT molecular complexity index is 1070. The van der Waals surface area contributed by atoms with Crippen LogP contribution in [0, 0.1) is 11.6 Å². The van der Waals surface area contributed by atoms with Gasteiger partial charge in [-0.2, -0.15) is 18.2 Å². The molecule has 0 radical (unpaired) electrons. The minimum atomic E-state index is -4.86. The van der Waals surface area contributed by atoms with Gasteiger partial charge in [0.05, 0.1) is 18.8 Å². The third-order valence-corrected chi connectivity index (χ3v) is 5.22. The van der Waals surface area contributed by atoms with E-state index in [1.165, 1.54) is 6.07 Å².